The van der Waals surface area contributed by atoms with Gasteiger partial charge in [0.1, 0.15) is 5.82 Å². The number of likely N-dealkylation sites (N-methyl/N-ethyl adjacent to an activating group) is 1. The molecule has 1 aromatic rings. The fraction of sp³-hybridized carbons (Fsp3) is 0.429. The van der Waals surface area contributed by atoms with E-state index >= 15 is 0 Å². The van der Waals surface area contributed by atoms with Crippen LogP contribution in [0.3, 0.4) is 0 Å². The molecule has 1 aromatic heterocycles. The van der Waals surface area contributed by atoms with Gasteiger partial charge in [-0.05, 0) is 0 Å². The molecule has 0 radical (unpaired) electrons. The van der Waals surface area contributed by atoms with Crippen molar-refractivity contribution < 1.29 is 0 Å². The number of rotatable bonds is 0. The first-order valence-electron chi connectivity index (χ1n) is 3.85. The molecule has 0 unspecified atom stereocenters. The Morgan fingerprint density at radius 2 is 2.42 bits per heavy atom. The van der Waals surface area contributed by atoms with Gasteiger partial charge < -0.3 is 16.0 Å². The van der Waals surface area contributed by atoms with Crippen molar-refractivity contribution in [2.45, 2.75) is 0 Å². The molecule has 0 amide bonds. The Bertz CT molecular complexity index is 298. The Balaban J connectivity index is 2.47. The van der Waals surface area contributed by atoms with Crippen molar-refractivity contribution in [2.24, 2.45) is 0 Å². The van der Waals surface area contributed by atoms with Crippen LogP contribution in [0.25, 0.3) is 0 Å². The second-order valence-electron chi connectivity index (χ2n) is 2.85. The summed E-state index contributed by atoms with van der Waals surface area (Å²) >= 11 is 0. The topological polar surface area (TPSA) is 67.1 Å². The van der Waals surface area contributed by atoms with Crippen LogP contribution >= 0.6 is 0 Å². The molecule has 0 saturated heterocycles. The van der Waals surface area contributed by atoms with Crippen LogP contribution in [-0.2, 0) is 0 Å². The first-order chi connectivity index (χ1) is 5.77. The number of nitrogens with one attached hydrogen (secondary N) is 1. The number of nitrogens with zero attached hydrogens (tertiary/aromatic N) is 3. The lowest BCUT2D eigenvalue weighted by molar-refractivity contribution is 0.857. The molecule has 2 heterocycles. The van der Waals surface area contributed by atoms with E-state index in [0.717, 1.165) is 24.6 Å². The number of anilines is 3. The minimum atomic E-state index is 0.462. The van der Waals surface area contributed by atoms with E-state index in [9.17, 15) is 0 Å². The summed E-state index contributed by atoms with van der Waals surface area (Å²) in [6.45, 7) is 1.88. The molecule has 0 spiro atoms. The first kappa shape index (κ1) is 7.15. The van der Waals surface area contributed by atoms with E-state index in [1.54, 1.807) is 0 Å². The molecule has 1 aliphatic rings. The van der Waals surface area contributed by atoms with E-state index in [-0.39, 0.29) is 0 Å². The lowest BCUT2D eigenvalue weighted by atomic mass is 10.3. The molecule has 5 heteroatoms. The van der Waals surface area contributed by atoms with Crippen LogP contribution in [0.1, 0.15) is 0 Å². The Morgan fingerprint density at radius 3 is 3.25 bits per heavy atom. The summed E-state index contributed by atoms with van der Waals surface area (Å²) < 4.78 is 0. The van der Waals surface area contributed by atoms with Gasteiger partial charge in [-0.15, -0.1) is 10.2 Å². The van der Waals surface area contributed by atoms with Crippen LogP contribution in [0.5, 0.6) is 0 Å². The maximum atomic E-state index is 5.52. The zero-order valence-electron chi connectivity index (χ0n) is 6.91. The number of nitrogen functional groups attached to an aromatic ring is 1. The predicted molar refractivity (Wildman–Crippen MR) is 48.2 cm³/mol. The molecule has 0 atom stereocenters. The minimum absolute atomic E-state index is 0.462. The maximum Gasteiger partial charge on any atom is 0.172 e. The van der Waals surface area contributed by atoms with Crippen molar-refractivity contribution in [3.8, 4) is 0 Å². The van der Waals surface area contributed by atoms with E-state index in [2.05, 4.69) is 20.4 Å². The molecule has 12 heavy (non-hydrogen) atoms. The summed E-state index contributed by atoms with van der Waals surface area (Å²) in [5.41, 5.74) is 6.54. The molecule has 1 aliphatic heterocycles. The Kier molecular flexibility index (Phi) is 1.49. The van der Waals surface area contributed by atoms with E-state index in [1.807, 2.05) is 13.1 Å². The number of hydrogen-bond donors (Lipinski definition) is 2. The van der Waals surface area contributed by atoms with E-state index < -0.39 is 0 Å². The van der Waals surface area contributed by atoms with Crippen LogP contribution in [0.2, 0.25) is 0 Å². The average Bonchev–Trinajstić information content (AvgIpc) is 2.07. The number of hydrogen-bond acceptors (Lipinski definition) is 5. The molecule has 64 valence electrons. The third-order valence-corrected chi connectivity index (χ3v) is 1.94. The fourth-order valence-electron chi connectivity index (χ4n) is 1.28. The lowest BCUT2D eigenvalue weighted by Gasteiger charge is -2.26. The van der Waals surface area contributed by atoms with Gasteiger partial charge in [0.05, 0.1) is 5.69 Å². The van der Waals surface area contributed by atoms with E-state index in [4.69, 9.17) is 5.73 Å². The summed E-state index contributed by atoms with van der Waals surface area (Å²) in [7, 11) is 2.01. The lowest BCUT2D eigenvalue weighted by Crippen LogP contribution is -2.31. The number of nitrogens with two attached hydrogens (primary N) is 1. The van der Waals surface area contributed by atoms with Crippen molar-refractivity contribution in [3.63, 3.8) is 0 Å². The van der Waals surface area contributed by atoms with Gasteiger partial charge in [-0.1, -0.05) is 0 Å². The Morgan fingerprint density at radius 1 is 1.58 bits per heavy atom. The summed E-state index contributed by atoms with van der Waals surface area (Å²) in [5.74, 6) is 1.28. The normalized spacial score (nSPS) is 15.2. The molecule has 3 N–H and O–H groups in total. The highest BCUT2D eigenvalue weighted by molar-refractivity contribution is 5.69. The molecular formula is C7H11N5. The smallest absolute Gasteiger partial charge is 0.172 e. The monoisotopic (exact) mass is 165 g/mol. The molecule has 2 rings (SSSR count). The third kappa shape index (κ3) is 1.03. The van der Waals surface area contributed by atoms with Crippen LogP contribution in [0.4, 0.5) is 17.3 Å². The average molecular weight is 165 g/mol. The number of aromatic nitrogens is 2. The molecule has 0 fully saturated rings. The largest absolute Gasteiger partial charge is 0.382 e. The summed E-state index contributed by atoms with van der Waals surface area (Å²) in [6, 6.07) is 1.83. The third-order valence-electron chi connectivity index (χ3n) is 1.94. The molecule has 0 aromatic carbocycles. The van der Waals surface area contributed by atoms with Gasteiger partial charge in [0, 0.05) is 26.2 Å². The summed E-state index contributed by atoms with van der Waals surface area (Å²) in [6.07, 6.45) is 0. The standard InChI is InChI=1S/C7H11N5/c1-12-3-2-9-7-5(12)4-6(8)10-11-7/h4H,2-3H2,1H3,(H2,8,10)(H,9,11). The van der Waals surface area contributed by atoms with Crippen molar-refractivity contribution in [1.82, 2.24) is 10.2 Å². The fourth-order valence-corrected chi connectivity index (χ4v) is 1.28. The quantitative estimate of drug-likeness (QED) is 0.563. The summed E-state index contributed by atoms with van der Waals surface area (Å²) in [5, 5.41) is 10.9. The van der Waals surface area contributed by atoms with Crippen LogP contribution in [-0.4, -0.2) is 30.3 Å². The Labute approximate surface area is 70.6 Å². The van der Waals surface area contributed by atoms with Crippen molar-refractivity contribution in [2.75, 3.05) is 36.1 Å². The highest BCUT2D eigenvalue weighted by Crippen LogP contribution is 2.25. The molecule has 5 nitrogen and oxygen atoms in total. The van der Waals surface area contributed by atoms with Gasteiger partial charge in [0.15, 0.2) is 5.82 Å². The van der Waals surface area contributed by atoms with Crippen molar-refractivity contribution >= 4 is 17.3 Å². The van der Waals surface area contributed by atoms with Crippen molar-refractivity contribution in [3.05, 3.63) is 6.07 Å². The van der Waals surface area contributed by atoms with Gasteiger partial charge in [-0.2, -0.15) is 0 Å². The Hall–Kier alpha value is -1.52. The van der Waals surface area contributed by atoms with Gasteiger partial charge in [0.25, 0.3) is 0 Å². The molecular weight excluding hydrogens is 154 g/mol. The predicted octanol–water partition coefficient (Wildman–Crippen LogP) is -0.0795. The second kappa shape index (κ2) is 2.51. The highest BCUT2D eigenvalue weighted by atomic mass is 15.3. The second-order valence-corrected chi connectivity index (χ2v) is 2.85. The van der Waals surface area contributed by atoms with E-state index in [0.29, 0.717) is 5.82 Å². The molecule has 0 bridgehead atoms. The van der Waals surface area contributed by atoms with Crippen LogP contribution in [0, 0.1) is 0 Å². The molecule has 0 aliphatic carbocycles. The van der Waals surface area contributed by atoms with Gasteiger partial charge in [0.2, 0.25) is 0 Å². The van der Waals surface area contributed by atoms with Gasteiger partial charge in [-0.25, -0.2) is 0 Å². The van der Waals surface area contributed by atoms with Gasteiger partial charge >= 0.3 is 0 Å². The zero-order chi connectivity index (χ0) is 8.55. The number of fused-ring (bicyclic) bond motifs is 1. The SMILES string of the molecule is CN1CCNc2nnc(N)cc21. The van der Waals surface area contributed by atoms with Gasteiger partial charge in [-0.3, -0.25) is 0 Å². The van der Waals surface area contributed by atoms with Crippen molar-refractivity contribution in [1.29, 1.82) is 0 Å². The highest BCUT2D eigenvalue weighted by Gasteiger charge is 2.14. The van der Waals surface area contributed by atoms with Crippen LogP contribution < -0.4 is 16.0 Å². The molecule has 0 saturated carbocycles. The van der Waals surface area contributed by atoms with E-state index in [1.165, 1.54) is 0 Å². The zero-order valence-corrected chi connectivity index (χ0v) is 6.91. The maximum absolute atomic E-state index is 5.52. The minimum Gasteiger partial charge on any atom is -0.382 e. The van der Waals surface area contributed by atoms with Crippen LogP contribution in [0.15, 0.2) is 6.07 Å². The first-order valence-corrected chi connectivity index (χ1v) is 3.85. The summed E-state index contributed by atoms with van der Waals surface area (Å²) in [4.78, 5) is 2.11.